The lowest BCUT2D eigenvalue weighted by Gasteiger charge is -2.25. The molecule has 3 rings (SSSR count). The fourth-order valence-corrected chi connectivity index (χ4v) is 5.29. The van der Waals surface area contributed by atoms with Crippen LogP contribution in [0.1, 0.15) is 85.3 Å². The minimum absolute atomic E-state index is 0.00216. The van der Waals surface area contributed by atoms with Gasteiger partial charge in [-0.3, -0.25) is 4.79 Å². The van der Waals surface area contributed by atoms with Crippen LogP contribution >= 0.6 is 0 Å². The molecule has 0 spiro atoms. The summed E-state index contributed by atoms with van der Waals surface area (Å²) < 4.78 is 46.5. The van der Waals surface area contributed by atoms with E-state index < -0.39 is 42.2 Å². The Morgan fingerprint density at radius 3 is 2.42 bits per heavy atom. The Balaban J connectivity index is 1.59. The van der Waals surface area contributed by atoms with Crippen molar-refractivity contribution in [3.63, 3.8) is 0 Å². The van der Waals surface area contributed by atoms with Crippen molar-refractivity contribution in [2.45, 2.75) is 77.6 Å². The molecule has 1 fully saturated rings. The summed E-state index contributed by atoms with van der Waals surface area (Å²) in [6.45, 7) is 3.51. The van der Waals surface area contributed by atoms with E-state index in [9.17, 15) is 32.7 Å². The van der Waals surface area contributed by atoms with Crippen LogP contribution in [0, 0.1) is 5.92 Å². The topological polar surface area (TPSA) is 135 Å². The number of halogens is 3. The van der Waals surface area contributed by atoms with E-state index >= 15 is 0 Å². The number of carbonyl (C=O) groups is 3. The lowest BCUT2D eigenvalue weighted by Crippen LogP contribution is -2.32. The summed E-state index contributed by atoms with van der Waals surface area (Å²) in [6, 6.07) is 10.0. The third kappa shape index (κ3) is 11.0. The molecule has 1 aliphatic carbocycles. The molecule has 1 saturated carbocycles. The number of carboxylic acid groups (broad SMARTS) is 2. The van der Waals surface area contributed by atoms with Gasteiger partial charge in [-0.15, -0.1) is 0 Å². The van der Waals surface area contributed by atoms with Gasteiger partial charge in [-0.25, -0.2) is 9.59 Å². The van der Waals surface area contributed by atoms with Gasteiger partial charge in [-0.05, 0) is 72.1 Å². The highest BCUT2D eigenvalue weighted by Gasteiger charge is 2.35. The van der Waals surface area contributed by atoms with Gasteiger partial charge < -0.3 is 25.1 Å². The summed E-state index contributed by atoms with van der Waals surface area (Å²) in [7, 11) is 0. The van der Waals surface area contributed by atoms with E-state index in [1.807, 2.05) is 25.1 Å². The van der Waals surface area contributed by atoms with Crippen molar-refractivity contribution in [3.05, 3.63) is 81.9 Å². The lowest BCUT2D eigenvalue weighted by atomic mass is 9.81. The maximum absolute atomic E-state index is 13.9. The standard InChI is InChI=1S/C33H39F3N2O7/c1-3-23-16-25(10-11-26(23)17-37-18-27(32(42)43)20-44-31(41)14-13-30(39)40)21(2)38-45-19-22-9-12-28(24-7-5-4-6-8-24)29(15-22)33(34,35)36/h9-16,24,27,37H,3-8,17-20H2,1-2H3,(H,39,40)(H,42,43)/b14-13+,38-21-. The largest absolute Gasteiger partial charge is 0.481 e. The number of carboxylic acids is 2. The highest BCUT2D eigenvalue weighted by Crippen LogP contribution is 2.41. The molecule has 3 N–H and O–H groups in total. The molecule has 0 heterocycles. The SMILES string of the molecule is CCc1cc(/C(C)=N\OCc2ccc(C3CCCCC3)c(C(F)(F)F)c2)ccc1CNCC(COC(=O)/C=C/C(=O)O)C(=O)O. The number of alkyl halides is 3. The third-order valence-electron chi connectivity index (χ3n) is 7.75. The number of carbonyl (C=O) groups excluding carboxylic acids is 1. The van der Waals surface area contributed by atoms with Crippen molar-refractivity contribution in [2.24, 2.45) is 11.1 Å². The lowest BCUT2D eigenvalue weighted by molar-refractivity contribution is -0.148. The minimum atomic E-state index is -4.45. The second-order valence-corrected chi connectivity index (χ2v) is 11.0. The van der Waals surface area contributed by atoms with E-state index in [1.165, 1.54) is 6.07 Å². The smallest absolute Gasteiger partial charge is 0.416 e. The van der Waals surface area contributed by atoms with Crippen LogP contribution in [0.5, 0.6) is 0 Å². The number of benzene rings is 2. The number of ether oxygens (including phenoxy) is 1. The molecule has 244 valence electrons. The van der Waals surface area contributed by atoms with Crippen LogP contribution in [-0.2, 0) is 49.7 Å². The Labute approximate surface area is 260 Å². The van der Waals surface area contributed by atoms with Crippen LogP contribution < -0.4 is 5.32 Å². The molecule has 0 saturated heterocycles. The fourth-order valence-electron chi connectivity index (χ4n) is 5.29. The van der Waals surface area contributed by atoms with Gasteiger partial charge in [0.15, 0.2) is 0 Å². The Morgan fingerprint density at radius 1 is 1.04 bits per heavy atom. The third-order valence-corrected chi connectivity index (χ3v) is 7.75. The highest BCUT2D eigenvalue weighted by molar-refractivity contribution is 5.98. The van der Waals surface area contributed by atoms with Crippen molar-refractivity contribution in [3.8, 4) is 0 Å². The molecule has 0 bridgehead atoms. The Bertz CT molecular complexity index is 1400. The Morgan fingerprint density at radius 2 is 1.78 bits per heavy atom. The number of nitrogens with zero attached hydrogens (tertiary/aromatic N) is 1. The van der Waals surface area contributed by atoms with Gasteiger partial charge in [-0.1, -0.05) is 55.6 Å². The van der Waals surface area contributed by atoms with Gasteiger partial charge in [0.05, 0.1) is 11.3 Å². The van der Waals surface area contributed by atoms with Crippen molar-refractivity contribution in [1.82, 2.24) is 5.32 Å². The van der Waals surface area contributed by atoms with Crippen molar-refractivity contribution in [2.75, 3.05) is 13.2 Å². The van der Waals surface area contributed by atoms with Crippen LogP contribution in [0.4, 0.5) is 13.2 Å². The van der Waals surface area contributed by atoms with E-state index in [-0.39, 0.29) is 19.1 Å². The fraction of sp³-hybridized carbons (Fsp3) is 0.455. The maximum atomic E-state index is 13.9. The van der Waals surface area contributed by atoms with Gasteiger partial charge in [0, 0.05) is 25.2 Å². The van der Waals surface area contributed by atoms with Crippen LogP contribution in [0.2, 0.25) is 0 Å². The molecular weight excluding hydrogens is 593 g/mol. The molecule has 2 aromatic carbocycles. The predicted molar refractivity (Wildman–Crippen MR) is 161 cm³/mol. The van der Waals surface area contributed by atoms with E-state index in [4.69, 9.17) is 14.7 Å². The zero-order chi connectivity index (χ0) is 33.0. The van der Waals surface area contributed by atoms with Gasteiger partial charge in [0.1, 0.15) is 19.1 Å². The average molecular weight is 633 g/mol. The van der Waals surface area contributed by atoms with Gasteiger partial charge in [0.2, 0.25) is 0 Å². The van der Waals surface area contributed by atoms with Gasteiger partial charge >= 0.3 is 24.1 Å². The summed E-state index contributed by atoms with van der Waals surface area (Å²) in [5.41, 5.74) is 3.35. The zero-order valence-electron chi connectivity index (χ0n) is 25.4. The summed E-state index contributed by atoms with van der Waals surface area (Å²) in [5.74, 6) is -4.57. The predicted octanol–water partition coefficient (Wildman–Crippen LogP) is 6.23. The molecule has 0 aliphatic heterocycles. The van der Waals surface area contributed by atoms with E-state index in [0.717, 1.165) is 48.8 Å². The van der Waals surface area contributed by atoms with E-state index in [1.54, 1.807) is 19.1 Å². The zero-order valence-corrected chi connectivity index (χ0v) is 25.4. The number of oxime groups is 1. The molecule has 2 aromatic rings. The molecule has 1 aliphatic rings. The first-order valence-corrected chi connectivity index (χ1v) is 14.9. The molecule has 45 heavy (non-hydrogen) atoms. The molecular formula is C33H39F3N2O7. The Kier molecular flexibility index (Phi) is 13.1. The molecule has 0 amide bonds. The number of hydrogen-bond donors (Lipinski definition) is 3. The van der Waals surface area contributed by atoms with Crippen molar-refractivity contribution >= 4 is 23.6 Å². The second-order valence-electron chi connectivity index (χ2n) is 11.0. The quantitative estimate of drug-likeness (QED) is 0.0911. The number of nitrogens with one attached hydrogen (secondary N) is 1. The number of aliphatic carboxylic acids is 2. The summed E-state index contributed by atoms with van der Waals surface area (Å²) in [4.78, 5) is 39.1. The van der Waals surface area contributed by atoms with Gasteiger partial charge in [0.25, 0.3) is 0 Å². The maximum Gasteiger partial charge on any atom is 0.416 e. The van der Waals surface area contributed by atoms with Crippen LogP contribution in [0.3, 0.4) is 0 Å². The first-order valence-electron chi connectivity index (χ1n) is 14.9. The number of rotatable bonds is 15. The summed E-state index contributed by atoms with van der Waals surface area (Å²) in [6.07, 6.45) is 2.02. The minimum Gasteiger partial charge on any atom is -0.481 e. The number of esters is 1. The first-order chi connectivity index (χ1) is 21.4. The molecule has 12 heteroatoms. The number of hydrogen-bond acceptors (Lipinski definition) is 7. The Hall–Kier alpha value is -4.19. The molecule has 1 unspecified atom stereocenters. The van der Waals surface area contributed by atoms with E-state index in [2.05, 4.69) is 10.5 Å². The molecule has 0 radical (unpaired) electrons. The summed E-state index contributed by atoms with van der Waals surface area (Å²) >= 11 is 0. The van der Waals surface area contributed by atoms with Crippen molar-refractivity contribution < 1.29 is 47.3 Å². The summed E-state index contributed by atoms with van der Waals surface area (Å²) in [5, 5.41) is 25.2. The monoisotopic (exact) mass is 632 g/mol. The molecule has 0 aromatic heterocycles. The van der Waals surface area contributed by atoms with Crippen molar-refractivity contribution in [1.29, 1.82) is 0 Å². The molecule has 9 nitrogen and oxygen atoms in total. The first kappa shape index (κ1) is 35.3. The average Bonchev–Trinajstić information content (AvgIpc) is 3.01. The van der Waals surface area contributed by atoms with Gasteiger partial charge in [-0.2, -0.15) is 13.2 Å². The second kappa shape index (κ2) is 16.8. The van der Waals surface area contributed by atoms with Crippen LogP contribution in [0.25, 0.3) is 0 Å². The van der Waals surface area contributed by atoms with Crippen LogP contribution in [-0.4, -0.2) is 47.0 Å². The normalized spacial score (nSPS) is 15.2. The highest BCUT2D eigenvalue weighted by atomic mass is 19.4. The van der Waals surface area contributed by atoms with E-state index in [0.29, 0.717) is 42.0 Å². The number of aryl methyl sites for hydroxylation is 1. The molecule has 1 atom stereocenters. The van der Waals surface area contributed by atoms with Crippen LogP contribution in [0.15, 0.2) is 53.7 Å².